The molecule has 0 aromatic carbocycles. The van der Waals surface area contributed by atoms with E-state index in [0.29, 0.717) is 22.9 Å². The van der Waals surface area contributed by atoms with Crippen molar-refractivity contribution in [2.75, 3.05) is 37.0 Å². The highest BCUT2D eigenvalue weighted by Crippen LogP contribution is 2.22. The predicted octanol–water partition coefficient (Wildman–Crippen LogP) is 2.81. The quantitative estimate of drug-likeness (QED) is 0.801. The molecule has 128 valence electrons. The van der Waals surface area contributed by atoms with Gasteiger partial charge in [0.2, 0.25) is 11.8 Å². The van der Waals surface area contributed by atoms with E-state index in [-0.39, 0.29) is 0 Å². The van der Waals surface area contributed by atoms with E-state index in [1.54, 1.807) is 7.11 Å². The fraction of sp³-hybridized carbons (Fsp3) is 0.688. The molecule has 2 heterocycles. The van der Waals surface area contributed by atoms with Gasteiger partial charge in [0.15, 0.2) is 5.11 Å². The maximum Gasteiger partial charge on any atom is 0.234 e. The number of hydrogen-bond donors (Lipinski definition) is 2. The summed E-state index contributed by atoms with van der Waals surface area (Å²) in [5, 5.41) is 6.76. The minimum Gasteiger partial charge on any atom is -0.481 e. The van der Waals surface area contributed by atoms with Crippen molar-refractivity contribution in [3.63, 3.8) is 0 Å². The van der Waals surface area contributed by atoms with E-state index in [0.717, 1.165) is 25.5 Å². The largest absolute Gasteiger partial charge is 0.481 e. The van der Waals surface area contributed by atoms with Crippen molar-refractivity contribution in [3.05, 3.63) is 6.07 Å². The lowest BCUT2D eigenvalue weighted by Crippen LogP contribution is -2.32. The molecule has 0 spiro atoms. The van der Waals surface area contributed by atoms with Crippen LogP contribution in [0.25, 0.3) is 0 Å². The molecule has 1 fully saturated rings. The summed E-state index contributed by atoms with van der Waals surface area (Å²) >= 11 is 5.30. The Kier molecular flexibility index (Phi) is 6.83. The van der Waals surface area contributed by atoms with Crippen LogP contribution in [-0.4, -0.2) is 41.8 Å². The average Bonchev–Trinajstić information content (AvgIpc) is 2.82. The SMILES string of the molecule is COc1cc(N2CCCCCC2)nc(NC(=S)NCC(C)C)n1. The molecule has 2 rings (SSSR count). The molecule has 23 heavy (non-hydrogen) atoms. The second-order valence-corrected chi connectivity index (χ2v) is 6.63. The maximum absolute atomic E-state index is 5.32. The third-order valence-electron chi connectivity index (χ3n) is 3.72. The second-order valence-electron chi connectivity index (χ2n) is 6.22. The van der Waals surface area contributed by atoms with Crippen molar-refractivity contribution in [3.8, 4) is 5.88 Å². The molecule has 1 aliphatic heterocycles. The number of aromatic nitrogens is 2. The topological polar surface area (TPSA) is 62.3 Å². The van der Waals surface area contributed by atoms with Gasteiger partial charge in [-0.1, -0.05) is 26.7 Å². The van der Waals surface area contributed by atoms with E-state index < -0.39 is 0 Å². The number of anilines is 2. The zero-order valence-corrected chi connectivity index (χ0v) is 15.1. The number of rotatable bonds is 5. The molecule has 0 saturated carbocycles. The van der Waals surface area contributed by atoms with Crippen LogP contribution in [0, 0.1) is 5.92 Å². The number of ether oxygens (including phenoxy) is 1. The van der Waals surface area contributed by atoms with Gasteiger partial charge >= 0.3 is 0 Å². The summed E-state index contributed by atoms with van der Waals surface area (Å²) in [4.78, 5) is 11.2. The van der Waals surface area contributed by atoms with Crippen LogP contribution in [0.5, 0.6) is 5.88 Å². The predicted molar refractivity (Wildman–Crippen MR) is 98.3 cm³/mol. The summed E-state index contributed by atoms with van der Waals surface area (Å²) in [6.07, 6.45) is 4.97. The van der Waals surface area contributed by atoms with E-state index in [9.17, 15) is 0 Å². The molecule has 0 unspecified atom stereocenters. The zero-order valence-electron chi connectivity index (χ0n) is 14.3. The van der Waals surface area contributed by atoms with E-state index in [2.05, 4.69) is 39.3 Å². The Bertz CT molecular complexity index is 515. The Morgan fingerprint density at radius 2 is 1.96 bits per heavy atom. The molecule has 0 aliphatic carbocycles. The Labute approximate surface area is 144 Å². The lowest BCUT2D eigenvalue weighted by atomic mass is 10.2. The Morgan fingerprint density at radius 1 is 1.26 bits per heavy atom. The van der Waals surface area contributed by atoms with Crippen LogP contribution in [0.2, 0.25) is 0 Å². The summed E-state index contributed by atoms with van der Waals surface area (Å²) in [6.45, 7) is 7.13. The minimum atomic E-state index is 0.477. The first-order valence-electron chi connectivity index (χ1n) is 8.31. The molecule has 0 amide bonds. The maximum atomic E-state index is 5.32. The standard InChI is InChI=1S/C16H27N5OS/c1-12(2)11-17-16(23)20-15-18-13(10-14(19-15)22-3)21-8-6-4-5-7-9-21/h10,12H,4-9,11H2,1-3H3,(H2,17,18,19,20,23). The van der Waals surface area contributed by atoms with Crippen LogP contribution in [0.4, 0.5) is 11.8 Å². The van der Waals surface area contributed by atoms with Gasteiger partial charge in [-0.25, -0.2) is 0 Å². The molecule has 2 N–H and O–H groups in total. The van der Waals surface area contributed by atoms with Crippen LogP contribution >= 0.6 is 12.2 Å². The molecule has 1 aromatic heterocycles. The van der Waals surface area contributed by atoms with Gasteiger partial charge in [0.05, 0.1) is 7.11 Å². The van der Waals surface area contributed by atoms with Gasteiger partial charge in [-0.2, -0.15) is 9.97 Å². The van der Waals surface area contributed by atoms with Gasteiger partial charge in [-0.15, -0.1) is 0 Å². The highest BCUT2D eigenvalue weighted by Gasteiger charge is 2.14. The van der Waals surface area contributed by atoms with Crippen LogP contribution in [-0.2, 0) is 0 Å². The van der Waals surface area contributed by atoms with Crippen molar-refractivity contribution in [1.29, 1.82) is 0 Å². The van der Waals surface area contributed by atoms with Crippen LogP contribution in [0.3, 0.4) is 0 Å². The fourth-order valence-corrected chi connectivity index (χ4v) is 2.65. The molecule has 0 atom stereocenters. The van der Waals surface area contributed by atoms with Crippen molar-refractivity contribution >= 4 is 29.1 Å². The van der Waals surface area contributed by atoms with Gasteiger partial charge in [-0.05, 0) is 31.0 Å². The van der Waals surface area contributed by atoms with Crippen LogP contribution in [0.1, 0.15) is 39.5 Å². The number of nitrogens with zero attached hydrogens (tertiary/aromatic N) is 3. The highest BCUT2D eigenvalue weighted by atomic mass is 32.1. The van der Waals surface area contributed by atoms with E-state index in [4.69, 9.17) is 17.0 Å². The van der Waals surface area contributed by atoms with Crippen molar-refractivity contribution in [2.24, 2.45) is 5.92 Å². The summed E-state index contributed by atoms with van der Waals surface area (Å²) in [5.74, 6) is 2.44. The molecule has 0 radical (unpaired) electrons. The van der Waals surface area contributed by atoms with Gasteiger partial charge in [0.1, 0.15) is 5.82 Å². The first-order valence-corrected chi connectivity index (χ1v) is 8.72. The zero-order chi connectivity index (χ0) is 16.7. The molecule has 1 saturated heterocycles. The molecule has 1 aromatic rings. The molecule has 7 heteroatoms. The molecule has 1 aliphatic rings. The molecular weight excluding hydrogens is 310 g/mol. The summed E-state index contributed by atoms with van der Waals surface area (Å²) < 4.78 is 5.32. The second kappa shape index (κ2) is 8.86. The number of thiocarbonyl (C=S) groups is 1. The van der Waals surface area contributed by atoms with Crippen molar-refractivity contribution < 1.29 is 4.74 Å². The van der Waals surface area contributed by atoms with Gasteiger partial charge in [0.25, 0.3) is 0 Å². The molecule has 0 bridgehead atoms. The summed E-state index contributed by atoms with van der Waals surface area (Å²) in [6, 6.07) is 1.89. The fourth-order valence-electron chi connectivity index (χ4n) is 2.48. The number of hydrogen-bond acceptors (Lipinski definition) is 5. The van der Waals surface area contributed by atoms with E-state index in [1.807, 2.05) is 6.07 Å². The lowest BCUT2D eigenvalue weighted by Gasteiger charge is -2.22. The number of methoxy groups -OCH3 is 1. The minimum absolute atomic E-state index is 0.477. The molecular formula is C16H27N5OS. The van der Waals surface area contributed by atoms with Crippen molar-refractivity contribution in [2.45, 2.75) is 39.5 Å². The Hall–Kier alpha value is -1.63. The normalized spacial score (nSPS) is 15.2. The average molecular weight is 337 g/mol. The van der Waals surface area contributed by atoms with Crippen LogP contribution < -0.4 is 20.3 Å². The van der Waals surface area contributed by atoms with E-state index in [1.165, 1.54) is 25.7 Å². The number of nitrogens with one attached hydrogen (secondary N) is 2. The molecule has 6 nitrogen and oxygen atoms in total. The third-order valence-corrected chi connectivity index (χ3v) is 3.97. The van der Waals surface area contributed by atoms with Crippen LogP contribution in [0.15, 0.2) is 6.07 Å². The Balaban J connectivity index is 2.09. The van der Waals surface area contributed by atoms with Gasteiger partial charge in [0, 0.05) is 25.7 Å². The first-order chi connectivity index (χ1) is 11.1. The Morgan fingerprint density at radius 3 is 2.57 bits per heavy atom. The monoisotopic (exact) mass is 337 g/mol. The summed E-state index contributed by atoms with van der Waals surface area (Å²) in [5.41, 5.74) is 0. The third kappa shape index (κ3) is 5.82. The first kappa shape index (κ1) is 17.7. The van der Waals surface area contributed by atoms with Gasteiger partial charge in [-0.3, -0.25) is 0 Å². The van der Waals surface area contributed by atoms with Crippen molar-refractivity contribution in [1.82, 2.24) is 15.3 Å². The van der Waals surface area contributed by atoms with Gasteiger partial charge < -0.3 is 20.3 Å². The summed E-state index contributed by atoms with van der Waals surface area (Å²) in [7, 11) is 1.62. The van der Waals surface area contributed by atoms with E-state index >= 15 is 0 Å². The highest BCUT2D eigenvalue weighted by molar-refractivity contribution is 7.80. The lowest BCUT2D eigenvalue weighted by molar-refractivity contribution is 0.397. The smallest absolute Gasteiger partial charge is 0.234 e.